The van der Waals surface area contributed by atoms with Crippen LogP contribution in [-0.2, 0) is 4.74 Å². The van der Waals surface area contributed by atoms with Crippen LogP contribution in [0.2, 0.25) is 0 Å². The molecule has 0 radical (unpaired) electrons. The average molecular weight is 308 g/mol. The lowest BCUT2D eigenvalue weighted by atomic mass is 10.2. The fourth-order valence-corrected chi connectivity index (χ4v) is 2.05. The number of ether oxygens (including phenoxy) is 2. The number of hydrogen-bond acceptors (Lipinski definition) is 6. The van der Waals surface area contributed by atoms with E-state index in [4.69, 9.17) is 14.6 Å². The van der Waals surface area contributed by atoms with Gasteiger partial charge >= 0.3 is 0 Å². The van der Waals surface area contributed by atoms with Crippen LogP contribution in [0.4, 0.5) is 0 Å². The summed E-state index contributed by atoms with van der Waals surface area (Å²) in [5, 5.41) is 13.7. The summed E-state index contributed by atoms with van der Waals surface area (Å²) in [4.78, 5) is 15.9. The number of aliphatic hydroxyl groups is 1. The van der Waals surface area contributed by atoms with Crippen LogP contribution in [0.25, 0.3) is 0 Å². The molecule has 112 valence electrons. The lowest BCUT2D eigenvalue weighted by molar-refractivity contribution is 0.0838. The molecule has 2 N–H and O–H groups in total. The molecular weight excluding hydrogens is 292 g/mol. The van der Waals surface area contributed by atoms with E-state index in [2.05, 4.69) is 10.3 Å². The van der Waals surface area contributed by atoms with Crippen molar-refractivity contribution in [3.05, 3.63) is 41.4 Å². The maximum atomic E-state index is 11.8. The van der Waals surface area contributed by atoms with E-state index in [9.17, 15) is 4.79 Å². The van der Waals surface area contributed by atoms with Gasteiger partial charge < -0.3 is 19.9 Å². The Morgan fingerprint density at radius 2 is 2.10 bits per heavy atom. The van der Waals surface area contributed by atoms with Crippen molar-refractivity contribution in [1.29, 1.82) is 0 Å². The third-order valence-corrected chi connectivity index (χ3v) is 3.15. The van der Waals surface area contributed by atoms with Crippen molar-refractivity contribution in [2.45, 2.75) is 0 Å². The van der Waals surface area contributed by atoms with Crippen molar-refractivity contribution in [1.82, 2.24) is 10.3 Å². The van der Waals surface area contributed by atoms with E-state index in [1.807, 2.05) is 5.38 Å². The van der Waals surface area contributed by atoms with Crippen LogP contribution in [0.15, 0.2) is 35.8 Å². The molecule has 1 heterocycles. The summed E-state index contributed by atoms with van der Waals surface area (Å²) in [6.45, 7) is 1.03. The maximum absolute atomic E-state index is 11.8. The first kappa shape index (κ1) is 15.4. The van der Waals surface area contributed by atoms with Crippen molar-refractivity contribution in [2.75, 3.05) is 26.4 Å². The molecule has 0 bridgehead atoms. The van der Waals surface area contributed by atoms with Gasteiger partial charge in [-0.2, -0.15) is 0 Å². The molecular formula is C14H16N2O4S. The standard InChI is InChI=1S/C14H16N2O4S/c17-7-9-19-8-5-15-13(18)11-1-3-12(4-2-11)20-14-16-6-10-21-14/h1-4,6,10,17H,5,7-9H2,(H,15,18). The summed E-state index contributed by atoms with van der Waals surface area (Å²) < 4.78 is 10.6. The molecule has 0 fully saturated rings. The Bertz CT molecular complexity index is 543. The highest BCUT2D eigenvalue weighted by Crippen LogP contribution is 2.23. The second-order valence-corrected chi connectivity index (χ2v) is 4.87. The van der Waals surface area contributed by atoms with E-state index in [0.29, 0.717) is 29.7 Å². The van der Waals surface area contributed by atoms with E-state index in [-0.39, 0.29) is 19.1 Å². The molecule has 2 aromatic rings. The molecule has 0 aliphatic rings. The van der Waals surface area contributed by atoms with Crippen LogP contribution in [0.3, 0.4) is 0 Å². The van der Waals surface area contributed by atoms with E-state index >= 15 is 0 Å². The first-order chi connectivity index (χ1) is 10.3. The molecule has 1 aromatic heterocycles. The first-order valence-electron chi connectivity index (χ1n) is 6.44. The molecule has 7 heteroatoms. The van der Waals surface area contributed by atoms with Crippen molar-refractivity contribution < 1.29 is 19.4 Å². The monoisotopic (exact) mass is 308 g/mol. The molecule has 1 amide bonds. The third kappa shape index (κ3) is 5.14. The maximum Gasteiger partial charge on any atom is 0.278 e. The largest absolute Gasteiger partial charge is 0.431 e. The molecule has 0 spiro atoms. The van der Waals surface area contributed by atoms with Gasteiger partial charge in [-0.1, -0.05) is 11.3 Å². The second-order valence-electron chi connectivity index (χ2n) is 4.02. The molecule has 21 heavy (non-hydrogen) atoms. The Morgan fingerprint density at radius 3 is 2.76 bits per heavy atom. The highest BCUT2D eigenvalue weighted by atomic mass is 32.1. The van der Waals surface area contributed by atoms with Gasteiger partial charge in [0.2, 0.25) is 0 Å². The topological polar surface area (TPSA) is 80.7 Å². The minimum absolute atomic E-state index is 0.0193. The predicted octanol–water partition coefficient (Wildman–Crippen LogP) is 1.67. The first-order valence-corrected chi connectivity index (χ1v) is 7.32. The van der Waals surface area contributed by atoms with Crippen LogP contribution in [0, 0.1) is 0 Å². The van der Waals surface area contributed by atoms with E-state index in [0.717, 1.165) is 0 Å². The fraction of sp³-hybridized carbons (Fsp3) is 0.286. The number of rotatable bonds is 8. The molecule has 0 atom stereocenters. The van der Waals surface area contributed by atoms with Gasteiger partial charge in [-0.25, -0.2) is 4.98 Å². The Labute approximate surface area is 126 Å². The summed E-state index contributed by atoms with van der Waals surface area (Å²) in [6.07, 6.45) is 1.67. The van der Waals surface area contributed by atoms with Crippen molar-refractivity contribution in [3.8, 4) is 10.9 Å². The highest BCUT2D eigenvalue weighted by molar-refractivity contribution is 7.11. The van der Waals surface area contributed by atoms with E-state index in [1.54, 1.807) is 30.5 Å². The number of hydrogen-bond donors (Lipinski definition) is 2. The van der Waals surface area contributed by atoms with Crippen LogP contribution >= 0.6 is 11.3 Å². The van der Waals surface area contributed by atoms with Gasteiger partial charge in [0, 0.05) is 23.7 Å². The van der Waals surface area contributed by atoms with Crippen molar-refractivity contribution >= 4 is 17.2 Å². The van der Waals surface area contributed by atoms with Gasteiger partial charge in [-0.15, -0.1) is 0 Å². The van der Waals surface area contributed by atoms with E-state index in [1.165, 1.54) is 11.3 Å². The number of aromatic nitrogens is 1. The average Bonchev–Trinajstić information content (AvgIpc) is 3.00. The normalized spacial score (nSPS) is 10.3. The minimum atomic E-state index is -0.177. The molecule has 0 aliphatic carbocycles. The lowest BCUT2D eigenvalue weighted by Crippen LogP contribution is -2.27. The zero-order valence-electron chi connectivity index (χ0n) is 11.3. The Balaban J connectivity index is 1.79. The quantitative estimate of drug-likeness (QED) is 0.725. The molecule has 0 aliphatic heterocycles. The molecule has 0 saturated heterocycles. The number of amides is 1. The van der Waals surface area contributed by atoms with Crippen LogP contribution in [-0.4, -0.2) is 42.4 Å². The lowest BCUT2D eigenvalue weighted by Gasteiger charge is -2.06. The number of nitrogens with zero attached hydrogens (tertiary/aromatic N) is 1. The van der Waals surface area contributed by atoms with E-state index < -0.39 is 0 Å². The second kappa shape index (κ2) is 8.35. The van der Waals surface area contributed by atoms with Gasteiger partial charge in [0.1, 0.15) is 5.75 Å². The number of benzene rings is 1. The smallest absolute Gasteiger partial charge is 0.278 e. The Morgan fingerprint density at radius 1 is 1.29 bits per heavy atom. The van der Waals surface area contributed by atoms with Gasteiger partial charge in [-0.05, 0) is 24.3 Å². The molecule has 0 unspecified atom stereocenters. The zero-order chi connectivity index (χ0) is 14.9. The van der Waals surface area contributed by atoms with Gasteiger partial charge in [-0.3, -0.25) is 4.79 Å². The summed E-state index contributed by atoms with van der Waals surface area (Å²) in [5.41, 5.74) is 0.545. The predicted molar refractivity (Wildman–Crippen MR) is 78.9 cm³/mol. The third-order valence-electron chi connectivity index (χ3n) is 2.50. The number of aliphatic hydroxyl groups excluding tert-OH is 1. The number of carbonyl (C=O) groups is 1. The molecule has 0 saturated carbocycles. The molecule has 1 aromatic carbocycles. The SMILES string of the molecule is O=C(NCCOCCO)c1ccc(Oc2nccs2)cc1. The van der Waals surface area contributed by atoms with Crippen LogP contribution < -0.4 is 10.1 Å². The number of thiazole rings is 1. The van der Waals surface area contributed by atoms with Crippen molar-refractivity contribution in [2.24, 2.45) is 0 Å². The highest BCUT2D eigenvalue weighted by Gasteiger charge is 2.06. The van der Waals surface area contributed by atoms with Crippen LogP contribution in [0.5, 0.6) is 10.9 Å². The summed E-state index contributed by atoms with van der Waals surface area (Å²) in [5.74, 6) is 0.455. The summed E-state index contributed by atoms with van der Waals surface area (Å²) in [6, 6.07) is 6.82. The molecule has 2 rings (SSSR count). The van der Waals surface area contributed by atoms with Crippen LogP contribution in [0.1, 0.15) is 10.4 Å². The Hall–Kier alpha value is -1.96. The van der Waals surface area contributed by atoms with Gasteiger partial charge in [0.05, 0.1) is 19.8 Å². The molecule has 6 nitrogen and oxygen atoms in total. The van der Waals surface area contributed by atoms with Gasteiger partial charge in [0.25, 0.3) is 11.1 Å². The fourth-order valence-electron chi connectivity index (χ4n) is 1.54. The summed E-state index contributed by atoms with van der Waals surface area (Å²) in [7, 11) is 0. The number of carbonyl (C=O) groups excluding carboxylic acids is 1. The summed E-state index contributed by atoms with van der Waals surface area (Å²) >= 11 is 1.40. The van der Waals surface area contributed by atoms with Crippen molar-refractivity contribution in [3.63, 3.8) is 0 Å². The minimum Gasteiger partial charge on any atom is -0.431 e. The zero-order valence-corrected chi connectivity index (χ0v) is 12.1. The number of nitrogens with one attached hydrogen (secondary N) is 1. The Kier molecular flexibility index (Phi) is 6.14. The van der Waals surface area contributed by atoms with Gasteiger partial charge in [0.15, 0.2) is 0 Å².